The molecule has 1 rings (SSSR count). The summed E-state index contributed by atoms with van der Waals surface area (Å²) in [6.45, 7) is 0. The molecule has 0 fully saturated rings. The van der Waals surface area contributed by atoms with E-state index in [1.807, 2.05) is 0 Å². The van der Waals surface area contributed by atoms with E-state index in [9.17, 15) is 22.0 Å². The highest BCUT2D eigenvalue weighted by molar-refractivity contribution is 6.80. The topological polar surface area (TPSA) is 0 Å². The molecule has 0 aromatic heterocycles. The Kier molecular flexibility index (Phi) is 5.22. The van der Waals surface area contributed by atoms with Crippen molar-refractivity contribution in [3.8, 4) is 0 Å². The number of hydrogen-bond acceptors (Lipinski definition) is 0. The molecule has 76 valence electrons. The van der Waals surface area contributed by atoms with Crippen molar-refractivity contribution in [2.45, 2.75) is 0 Å². The summed E-state index contributed by atoms with van der Waals surface area (Å²) < 4.78 is 61.1. The second-order valence-electron chi connectivity index (χ2n) is 1.88. The number of rotatable bonds is 0. The average Bonchev–Trinajstić information content (AvgIpc) is 2.24. The van der Waals surface area contributed by atoms with Gasteiger partial charge in [0.1, 0.15) is 5.02 Å². The van der Waals surface area contributed by atoms with Crippen LogP contribution in [0.3, 0.4) is 0 Å². The van der Waals surface area contributed by atoms with Crippen LogP contribution >= 0.6 is 23.1 Å². The largest absolute Gasteiger partial charge is 0.214 e. The molecule has 1 aromatic carbocycles. The number of benzene rings is 1. The monoisotopic (exact) mass is 248 g/mol. The average molecular weight is 249 g/mol. The lowest BCUT2D eigenvalue weighted by atomic mass is 10.3. The van der Waals surface area contributed by atoms with E-state index < -0.39 is 34.1 Å². The van der Waals surface area contributed by atoms with Crippen LogP contribution in [0.2, 0.25) is 5.02 Å². The fraction of sp³-hybridized carbons (Fsp3) is 0. The van der Waals surface area contributed by atoms with Crippen LogP contribution in [0.25, 0.3) is 0 Å². The third kappa shape index (κ3) is 2.30. The van der Waals surface area contributed by atoms with E-state index in [4.69, 9.17) is 11.6 Å². The van der Waals surface area contributed by atoms with Crippen LogP contribution < -0.4 is 0 Å². The van der Waals surface area contributed by atoms with Gasteiger partial charge in [0, 0.05) is 0 Å². The minimum Gasteiger partial charge on any atom is -0.214 e. The molecule has 0 spiro atoms. The molecular formula is C6BCl2F5. The highest BCUT2D eigenvalue weighted by atomic mass is 35.5. The maximum absolute atomic E-state index is 12.3. The van der Waals surface area contributed by atoms with Gasteiger partial charge < -0.3 is 0 Å². The van der Waals surface area contributed by atoms with Crippen LogP contribution in [-0.2, 0) is 0 Å². The van der Waals surface area contributed by atoms with Crippen LogP contribution in [0.4, 0.5) is 22.0 Å². The van der Waals surface area contributed by atoms with Gasteiger partial charge in [0.15, 0.2) is 23.3 Å². The summed E-state index contributed by atoms with van der Waals surface area (Å²) in [4.78, 5) is 0. The second kappa shape index (κ2) is 5.41. The predicted octanol–water partition coefficient (Wildman–Crippen LogP) is 3.34. The van der Waals surface area contributed by atoms with E-state index in [2.05, 4.69) is 18.7 Å². The summed E-state index contributed by atoms with van der Waals surface area (Å²) in [5, 5.41) is -1.40. The van der Waals surface area contributed by atoms with Gasteiger partial charge in [-0.3, -0.25) is 0 Å². The molecule has 0 amide bonds. The highest BCUT2D eigenvalue weighted by Gasteiger charge is 2.24. The van der Waals surface area contributed by atoms with E-state index >= 15 is 0 Å². The first kappa shape index (κ1) is 13.5. The molecule has 2 radical (unpaired) electrons. The maximum atomic E-state index is 12.3. The Bertz CT molecular complexity index is 238. The Morgan fingerprint density at radius 1 is 0.643 bits per heavy atom. The Morgan fingerprint density at radius 3 is 1.14 bits per heavy atom. The van der Waals surface area contributed by atoms with E-state index in [1.165, 1.54) is 0 Å². The van der Waals surface area contributed by atoms with Crippen molar-refractivity contribution in [1.82, 2.24) is 0 Å². The fourth-order valence-electron chi connectivity index (χ4n) is 0.578. The molecule has 0 unspecified atom stereocenters. The maximum Gasteiger partial charge on any atom is 0.214 e. The molecule has 0 aliphatic carbocycles. The van der Waals surface area contributed by atoms with E-state index in [0.717, 1.165) is 0 Å². The molecule has 0 heterocycles. The van der Waals surface area contributed by atoms with Gasteiger partial charge in [0.25, 0.3) is 0 Å². The first-order valence-corrected chi connectivity index (χ1v) is 3.67. The smallest absolute Gasteiger partial charge is 0.214 e. The summed E-state index contributed by atoms with van der Waals surface area (Å²) in [5.41, 5.74) is 0. The van der Waals surface area contributed by atoms with Gasteiger partial charge in [-0.15, -0.1) is 0 Å². The molecule has 0 aliphatic rings. The van der Waals surface area contributed by atoms with Crippen LogP contribution in [0, 0.1) is 29.1 Å². The first-order valence-electron chi connectivity index (χ1n) is 2.85. The summed E-state index contributed by atoms with van der Waals surface area (Å²) in [7, 11) is 3.97. The van der Waals surface area contributed by atoms with Gasteiger partial charge in [0.2, 0.25) is 13.1 Å². The molecule has 0 bridgehead atoms. The van der Waals surface area contributed by atoms with Gasteiger partial charge in [-0.1, -0.05) is 11.6 Å². The van der Waals surface area contributed by atoms with Crippen LogP contribution in [0.1, 0.15) is 0 Å². The zero-order valence-corrected chi connectivity index (χ0v) is 7.73. The van der Waals surface area contributed by atoms with Crippen molar-refractivity contribution in [3.05, 3.63) is 34.1 Å². The Balaban J connectivity index is 0.000000791. The van der Waals surface area contributed by atoms with Gasteiger partial charge in [-0.2, -0.15) is 0 Å². The van der Waals surface area contributed by atoms with Crippen molar-refractivity contribution in [3.63, 3.8) is 0 Å². The first-order chi connectivity index (χ1) is 6.46. The minimum atomic E-state index is -2.21. The Labute approximate surface area is 86.9 Å². The van der Waals surface area contributed by atoms with Crippen molar-refractivity contribution in [2.24, 2.45) is 0 Å². The molecule has 8 heteroatoms. The van der Waals surface area contributed by atoms with E-state index in [1.54, 1.807) is 0 Å². The molecule has 0 atom stereocenters. The molecular weight excluding hydrogens is 249 g/mol. The number of halogens is 7. The van der Waals surface area contributed by atoms with Gasteiger partial charge in [-0.05, 0) is 0 Å². The SMILES string of the molecule is Fc1c(F)c(F)c(Cl)c(F)c1F.[B]Cl. The lowest BCUT2D eigenvalue weighted by molar-refractivity contribution is 0.379. The minimum absolute atomic E-state index is 1.40. The lowest BCUT2D eigenvalue weighted by Crippen LogP contribution is -2.00. The van der Waals surface area contributed by atoms with E-state index in [-0.39, 0.29) is 0 Å². The third-order valence-electron chi connectivity index (χ3n) is 1.16. The Morgan fingerprint density at radius 2 is 0.857 bits per heavy atom. The van der Waals surface area contributed by atoms with Crippen molar-refractivity contribution in [2.75, 3.05) is 0 Å². The lowest BCUT2D eigenvalue weighted by Gasteiger charge is -2.00. The van der Waals surface area contributed by atoms with Crippen molar-refractivity contribution in [1.29, 1.82) is 0 Å². The second-order valence-corrected chi connectivity index (χ2v) is 2.26. The van der Waals surface area contributed by atoms with Gasteiger partial charge in [0.05, 0.1) is 0 Å². The molecule has 0 saturated carbocycles. The zero-order valence-electron chi connectivity index (χ0n) is 6.22. The summed E-state index contributed by atoms with van der Waals surface area (Å²) in [5.74, 6) is -10.3. The summed E-state index contributed by atoms with van der Waals surface area (Å²) >= 11 is 8.90. The van der Waals surface area contributed by atoms with Crippen LogP contribution in [-0.4, -0.2) is 7.26 Å². The third-order valence-corrected chi connectivity index (χ3v) is 1.49. The zero-order chi connectivity index (χ0) is 11.5. The predicted molar refractivity (Wildman–Crippen MR) is 42.8 cm³/mol. The Hall–Kier alpha value is -0.485. The molecule has 0 aliphatic heterocycles. The van der Waals surface area contributed by atoms with Crippen LogP contribution in [0.5, 0.6) is 0 Å². The summed E-state index contributed by atoms with van der Waals surface area (Å²) in [6.07, 6.45) is 0. The van der Waals surface area contributed by atoms with Crippen molar-refractivity contribution >= 4 is 30.3 Å². The molecule has 0 N–H and O–H groups in total. The molecule has 0 saturated heterocycles. The molecule has 0 nitrogen and oxygen atoms in total. The van der Waals surface area contributed by atoms with Crippen LogP contribution in [0.15, 0.2) is 0 Å². The highest BCUT2D eigenvalue weighted by Crippen LogP contribution is 2.26. The molecule has 14 heavy (non-hydrogen) atoms. The standard InChI is InChI=1S/C6ClF5.BCl/c7-1-2(8)4(10)6(12)5(11)3(1)9;1-2. The number of hydrogen-bond donors (Lipinski definition) is 0. The van der Waals surface area contributed by atoms with E-state index in [0.29, 0.717) is 0 Å². The fourth-order valence-corrected chi connectivity index (χ4v) is 0.744. The van der Waals surface area contributed by atoms with Gasteiger partial charge >= 0.3 is 0 Å². The summed E-state index contributed by atoms with van der Waals surface area (Å²) in [6, 6.07) is 0. The van der Waals surface area contributed by atoms with Gasteiger partial charge in [-0.25, -0.2) is 33.4 Å². The normalized spacial score (nSPS) is 9.36. The molecule has 1 aromatic rings. The van der Waals surface area contributed by atoms with Crippen molar-refractivity contribution < 1.29 is 22.0 Å². The quantitative estimate of drug-likeness (QED) is 0.286.